The summed E-state index contributed by atoms with van der Waals surface area (Å²) in [5, 5.41) is 9.65. The van der Waals surface area contributed by atoms with E-state index in [4.69, 9.17) is 5.73 Å². The summed E-state index contributed by atoms with van der Waals surface area (Å²) in [6.45, 7) is 5.86. The lowest BCUT2D eigenvalue weighted by atomic mass is 10.1. The van der Waals surface area contributed by atoms with Crippen molar-refractivity contribution in [3.8, 4) is 0 Å². The largest absolute Gasteiger partial charge is 0.354 e. The van der Waals surface area contributed by atoms with Crippen molar-refractivity contribution < 1.29 is 0 Å². The minimum Gasteiger partial charge on any atom is -0.354 e. The van der Waals surface area contributed by atoms with Crippen molar-refractivity contribution in [3.63, 3.8) is 0 Å². The zero-order valence-corrected chi connectivity index (χ0v) is 12.8. The monoisotopic (exact) mass is 300 g/mol. The maximum Gasteiger partial charge on any atom is 0.150 e. The first-order valence-corrected chi connectivity index (χ1v) is 7.84. The fourth-order valence-electron chi connectivity index (χ4n) is 2.88. The maximum absolute atomic E-state index is 6.02. The molecule has 0 radical (unpaired) electrons. The van der Waals surface area contributed by atoms with Crippen molar-refractivity contribution in [2.24, 2.45) is 5.73 Å². The maximum atomic E-state index is 6.02. The minimum absolute atomic E-state index is 0.230. The standard InChI is InChI=1S/C14H16N6S/c1-7-8(2)18-19-14-10(7)11-12(21-14)13(17-6-16-11)20-4-3-9(15)5-20/h6,9H,3-5,15H2,1-2H3/t9-/m1/s1. The van der Waals surface area contributed by atoms with E-state index in [0.29, 0.717) is 0 Å². The number of nitrogens with zero attached hydrogens (tertiary/aromatic N) is 5. The normalized spacial score (nSPS) is 19.0. The first-order valence-electron chi connectivity index (χ1n) is 7.02. The molecule has 4 rings (SSSR count). The topological polar surface area (TPSA) is 80.8 Å². The minimum atomic E-state index is 0.230. The van der Waals surface area contributed by atoms with Crippen LogP contribution in [0.1, 0.15) is 17.7 Å². The predicted molar refractivity (Wildman–Crippen MR) is 84.8 cm³/mol. The van der Waals surface area contributed by atoms with E-state index in [1.807, 2.05) is 6.92 Å². The van der Waals surface area contributed by atoms with Crippen LogP contribution < -0.4 is 10.6 Å². The molecule has 0 aliphatic carbocycles. The molecule has 3 aromatic heterocycles. The lowest BCUT2D eigenvalue weighted by Gasteiger charge is -2.16. The number of fused-ring (bicyclic) bond motifs is 3. The molecule has 108 valence electrons. The summed E-state index contributed by atoms with van der Waals surface area (Å²) < 4.78 is 1.09. The van der Waals surface area contributed by atoms with Crippen molar-refractivity contribution in [2.75, 3.05) is 18.0 Å². The molecular formula is C14H16N6S. The van der Waals surface area contributed by atoms with Gasteiger partial charge in [-0.2, -0.15) is 5.10 Å². The van der Waals surface area contributed by atoms with Crippen LogP contribution in [0.2, 0.25) is 0 Å². The molecule has 1 saturated heterocycles. The number of hydrogen-bond donors (Lipinski definition) is 1. The third-order valence-corrected chi connectivity index (χ3v) is 5.23. The molecule has 3 aromatic rings. The van der Waals surface area contributed by atoms with Gasteiger partial charge in [-0.3, -0.25) is 0 Å². The number of anilines is 1. The second-order valence-electron chi connectivity index (χ2n) is 5.56. The van der Waals surface area contributed by atoms with Crippen LogP contribution in [0.15, 0.2) is 6.33 Å². The summed E-state index contributed by atoms with van der Waals surface area (Å²) in [6, 6.07) is 0.230. The molecule has 0 amide bonds. The Bertz CT molecular complexity index is 842. The van der Waals surface area contributed by atoms with E-state index < -0.39 is 0 Å². The van der Waals surface area contributed by atoms with Crippen molar-refractivity contribution in [3.05, 3.63) is 17.6 Å². The average Bonchev–Trinajstić information content (AvgIpc) is 3.06. The summed E-state index contributed by atoms with van der Waals surface area (Å²) >= 11 is 1.62. The summed E-state index contributed by atoms with van der Waals surface area (Å²) in [5.74, 6) is 0.980. The fourth-order valence-corrected chi connectivity index (χ4v) is 4.03. The first kappa shape index (κ1) is 12.8. The molecular weight excluding hydrogens is 284 g/mol. The fraction of sp³-hybridized carbons (Fsp3) is 0.429. The van der Waals surface area contributed by atoms with Crippen LogP contribution in [0.25, 0.3) is 20.4 Å². The van der Waals surface area contributed by atoms with E-state index in [1.54, 1.807) is 17.7 Å². The highest BCUT2D eigenvalue weighted by Crippen LogP contribution is 2.38. The van der Waals surface area contributed by atoms with Crippen LogP contribution in [0, 0.1) is 13.8 Å². The Morgan fingerprint density at radius 2 is 2.14 bits per heavy atom. The summed E-state index contributed by atoms with van der Waals surface area (Å²) in [5.41, 5.74) is 9.10. The highest BCUT2D eigenvalue weighted by atomic mass is 32.1. The molecule has 0 saturated carbocycles. The van der Waals surface area contributed by atoms with Gasteiger partial charge in [-0.05, 0) is 25.8 Å². The van der Waals surface area contributed by atoms with Gasteiger partial charge >= 0.3 is 0 Å². The van der Waals surface area contributed by atoms with Gasteiger partial charge < -0.3 is 10.6 Å². The molecule has 7 heteroatoms. The molecule has 0 aromatic carbocycles. The second kappa shape index (κ2) is 4.57. The number of aromatic nitrogens is 4. The zero-order valence-electron chi connectivity index (χ0n) is 12.0. The van der Waals surface area contributed by atoms with E-state index in [9.17, 15) is 0 Å². The molecule has 1 aliphatic rings. The zero-order chi connectivity index (χ0) is 14.6. The molecule has 1 fully saturated rings. The molecule has 0 unspecified atom stereocenters. The molecule has 6 nitrogen and oxygen atoms in total. The third kappa shape index (κ3) is 1.88. The van der Waals surface area contributed by atoms with Crippen LogP contribution in [-0.2, 0) is 0 Å². The third-order valence-electron chi connectivity index (χ3n) is 4.17. The van der Waals surface area contributed by atoms with Crippen molar-refractivity contribution >= 4 is 37.6 Å². The average molecular weight is 300 g/mol. The van der Waals surface area contributed by atoms with Gasteiger partial charge in [-0.25, -0.2) is 9.97 Å². The summed E-state index contributed by atoms with van der Waals surface area (Å²) in [7, 11) is 0. The SMILES string of the molecule is Cc1nnc2sc3c(N4CC[C@@H](N)C4)ncnc3c2c1C. The Morgan fingerprint density at radius 1 is 1.29 bits per heavy atom. The van der Waals surface area contributed by atoms with E-state index in [0.717, 1.165) is 57.0 Å². The highest BCUT2D eigenvalue weighted by Gasteiger charge is 2.24. The van der Waals surface area contributed by atoms with Gasteiger partial charge in [0.25, 0.3) is 0 Å². The molecule has 1 aliphatic heterocycles. The van der Waals surface area contributed by atoms with E-state index in [1.165, 1.54) is 0 Å². The smallest absolute Gasteiger partial charge is 0.150 e. The van der Waals surface area contributed by atoms with Crippen LogP contribution in [0.5, 0.6) is 0 Å². The van der Waals surface area contributed by atoms with Crippen LogP contribution in [0.4, 0.5) is 5.82 Å². The van der Waals surface area contributed by atoms with Gasteiger partial charge in [0.05, 0.1) is 15.9 Å². The van der Waals surface area contributed by atoms with Gasteiger partial charge in [-0.15, -0.1) is 16.4 Å². The Balaban J connectivity index is 2.00. The molecule has 0 spiro atoms. The van der Waals surface area contributed by atoms with Crippen molar-refractivity contribution in [1.29, 1.82) is 0 Å². The Labute approximate surface area is 126 Å². The molecule has 21 heavy (non-hydrogen) atoms. The summed E-state index contributed by atoms with van der Waals surface area (Å²) in [4.78, 5) is 12.2. The number of nitrogens with two attached hydrogens (primary N) is 1. The van der Waals surface area contributed by atoms with Crippen LogP contribution >= 0.6 is 11.3 Å². The van der Waals surface area contributed by atoms with Crippen molar-refractivity contribution in [1.82, 2.24) is 20.2 Å². The van der Waals surface area contributed by atoms with Gasteiger partial charge in [0.1, 0.15) is 17.0 Å². The quantitative estimate of drug-likeness (QED) is 0.738. The van der Waals surface area contributed by atoms with Gasteiger partial charge in [0.2, 0.25) is 0 Å². The van der Waals surface area contributed by atoms with Gasteiger partial charge in [-0.1, -0.05) is 0 Å². The molecule has 4 heterocycles. The Hall–Kier alpha value is -1.86. The van der Waals surface area contributed by atoms with Crippen LogP contribution in [-0.4, -0.2) is 39.3 Å². The van der Waals surface area contributed by atoms with E-state index in [2.05, 4.69) is 32.0 Å². The number of aryl methyl sites for hydroxylation is 2. The van der Waals surface area contributed by atoms with Gasteiger partial charge in [0.15, 0.2) is 0 Å². The van der Waals surface area contributed by atoms with E-state index >= 15 is 0 Å². The Morgan fingerprint density at radius 3 is 2.90 bits per heavy atom. The number of thiophene rings is 1. The van der Waals surface area contributed by atoms with Crippen molar-refractivity contribution in [2.45, 2.75) is 26.3 Å². The predicted octanol–water partition coefficient (Wildman–Crippen LogP) is 1.79. The summed E-state index contributed by atoms with van der Waals surface area (Å²) in [6.07, 6.45) is 2.65. The van der Waals surface area contributed by atoms with Crippen LogP contribution in [0.3, 0.4) is 0 Å². The highest BCUT2D eigenvalue weighted by molar-refractivity contribution is 7.26. The lowest BCUT2D eigenvalue weighted by molar-refractivity contribution is 0.751. The number of hydrogen-bond acceptors (Lipinski definition) is 7. The molecule has 2 N–H and O–H groups in total. The van der Waals surface area contributed by atoms with Gasteiger partial charge in [0, 0.05) is 24.5 Å². The Kier molecular flexibility index (Phi) is 2.80. The molecule has 1 atom stereocenters. The second-order valence-corrected chi connectivity index (χ2v) is 6.56. The first-order chi connectivity index (χ1) is 10.1. The lowest BCUT2D eigenvalue weighted by Crippen LogP contribution is -2.26. The molecule has 0 bridgehead atoms. The number of rotatable bonds is 1. The van der Waals surface area contributed by atoms with E-state index in [-0.39, 0.29) is 6.04 Å².